The second-order valence-corrected chi connectivity index (χ2v) is 6.47. The first-order chi connectivity index (χ1) is 9.13. The van der Waals surface area contributed by atoms with Gasteiger partial charge in [0.1, 0.15) is 5.69 Å². The zero-order chi connectivity index (χ0) is 13.8. The van der Waals surface area contributed by atoms with E-state index in [0.29, 0.717) is 16.4 Å². The molecule has 1 amide bonds. The maximum Gasteiger partial charge on any atom is 0.269 e. The molecule has 0 aromatic carbocycles. The molecule has 2 unspecified atom stereocenters. The largest absolute Gasteiger partial charge is 0.350 e. The zero-order valence-electron chi connectivity index (χ0n) is 11.7. The minimum atomic E-state index is 0.00655. The number of aromatic nitrogens is 2. The molecule has 1 aliphatic carbocycles. The van der Waals surface area contributed by atoms with Gasteiger partial charge in [0.25, 0.3) is 5.91 Å². The Morgan fingerprint density at radius 2 is 2.32 bits per heavy atom. The third kappa shape index (κ3) is 3.59. The van der Waals surface area contributed by atoms with Crippen molar-refractivity contribution in [2.75, 3.05) is 6.54 Å². The van der Waals surface area contributed by atoms with Crippen molar-refractivity contribution in [2.45, 2.75) is 50.9 Å². The molecule has 1 aromatic heterocycles. The molecule has 1 aliphatic rings. The molecule has 19 heavy (non-hydrogen) atoms. The molecule has 0 saturated heterocycles. The van der Waals surface area contributed by atoms with Crippen molar-refractivity contribution in [3.05, 3.63) is 17.5 Å². The third-order valence-electron chi connectivity index (χ3n) is 3.75. The maximum absolute atomic E-state index is 12.2. The van der Waals surface area contributed by atoms with Crippen molar-refractivity contribution in [3.63, 3.8) is 0 Å². The lowest BCUT2D eigenvalue weighted by Crippen LogP contribution is -2.30. The average Bonchev–Trinajstić information content (AvgIpc) is 3.01. The van der Waals surface area contributed by atoms with Crippen LogP contribution in [0.3, 0.4) is 0 Å². The fourth-order valence-electron chi connectivity index (χ4n) is 2.59. The topological polar surface area (TPSA) is 46.9 Å². The Balaban J connectivity index is 1.93. The van der Waals surface area contributed by atoms with Gasteiger partial charge < -0.3 is 5.32 Å². The molecule has 106 valence electrons. The second-order valence-electron chi connectivity index (χ2n) is 5.18. The molecular formula is C14H22BrN3O. The van der Waals surface area contributed by atoms with Crippen molar-refractivity contribution in [1.29, 1.82) is 0 Å². The molecule has 5 heteroatoms. The number of nitrogens with one attached hydrogen (secondary N) is 1. The average molecular weight is 328 g/mol. The number of nitrogens with zero attached hydrogens (tertiary/aromatic N) is 2. The Morgan fingerprint density at radius 3 is 2.89 bits per heavy atom. The molecule has 0 radical (unpaired) electrons. The molecule has 0 bridgehead atoms. The summed E-state index contributed by atoms with van der Waals surface area (Å²) in [7, 11) is 0. The SMILES string of the molecule is CCc1cc(C(=O)NCC2CCC(Br)C2)n(CC)n1. The number of hydrogen-bond donors (Lipinski definition) is 1. The number of hydrogen-bond acceptors (Lipinski definition) is 2. The van der Waals surface area contributed by atoms with Crippen LogP contribution >= 0.6 is 15.9 Å². The summed E-state index contributed by atoms with van der Waals surface area (Å²) in [5.41, 5.74) is 1.67. The van der Waals surface area contributed by atoms with Crippen LogP contribution in [0.1, 0.15) is 49.3 Å². The Hall–Kier alpha value is -0.840. The number of amides is 1. The van der Waals surface area contributed by atoms with Crippen molar-refractivity contribution in [1.82, 2.24) is 15.1 Å². The van der Waals surface area contributed by atoms with Crippen LogP contribution in [0.15, 0.2) is 6.07 Å². The van der Waals surface area contributed by atoms with Crippen LogP contribution in [-0.2, 0) is 13.0 Å². The van der Waals surface area contributed by atoms with Gasteiger partial charge in [-0.15, -0.1) is 0 Å². The quantitative estimate of drug-likeness (QED) is 0.845. The molecule has 0 aliphatic heterocycles. The maximum atomic E-state index is 12.2. The standard InChI is InChI=1S/C14H22BrN3O/c1-3-12-8-13(18(4-2)17-12)14(19)16-9-10-5-6-11(15)7-10/h8,10-11H,3-7,9H2,1-2H3,(H,16,19). The highest BCUT2D eigenvalue weighted by atomic mass is 79.9. The van der Waals surface area contributed by atoms with Gasteiger partial charge in [0, 0.05) is 17.9 Å². The third-order valence-corrected chi connectivity index (χ3v) is 4.59. The molecule has 1 saturated carbocycles. The number of alkyl halides is 1. The summed E-state index contributed by atoms with van der Waals surface area (Å²) in [5, 5.41) is 7.46. The van der Waals surface area contributed by atoms with E-state index in [9.17, 15) is 4.79 Å². The van der Waals surface area contributed by atoms with Crippen molar-refractivity contribution in [2.24, 2.45) is 5.92 Å². The van der Waals surface area contributed by atoms with Gasteiger partial charge in [-0.3, -0.25) is 9.48 Å². The van der Waals surface area contributed by atoms with Crippen LogP contribution in [0.2, 0.25) is 0 Å². The van der Waals surface area contributed by atoms with Crippen LogP contribution in [-0.4, -0.2) is 27.1 Å². The number of aryl methyl sites for hydroxylation is 2. The minimum absolute atomic E-state index is 0.00655. The second kappa shape index (κ2) is 6.55. The summed E-state index contributed by atoms with van der Waals surface area (Å²) in [6.45, 7) is 5.57. The zero-order valence-corrected chi connectivity index (χ0v) is 13.2. The lowest BCUT2D eigenvalue weighted by atomic mass is 10.1. The highest BCUT2D eigenvalue weighted by Gasteiger charge is 2.23. The van der Waals surface area contributed by atoms with E-state index >= 15 is 0 Å². The van der Waals surface area contributed by atoms with E-state index < -0.39 is 0 Å². The molecule has 0 spiro atoms. The van der Waals surface area contributed by atoms with E-state index in [2.05, 4.69) is 33.3 Å². The first-order valence-electron chi connectivity index (χ1n) is 7.13. The van der Waals surface area contributed by atoms with Crippen LogP contribution in [0.25, 0.3) is 0 Å². The number of rotatable bonds is 5. The summed E-state index contributed by atoms with van der Waals surface area (Å²) in [6.07, 6.45) is 4.44. The molecule has 2 atom stereocenters. The van der Waals surface area contributed by atoms with E-state index in [4.69, 9.17) is 0 Å². The van der Waals surface area contributed by atoms with Crippen molar-refractivity contribution >= 4 is 21.8 Å². The highest BCUT2D eigenvalue weighted by molar-refractivity contribution is 9.09. The number of halogens is 1. The van der Waals surface area contributed by atoms with E-state index in [-0.39, 0.29) is 5.91 Å². The smallest absolute Gasteiger partial charge is 0.269 e. The van der Waals surface area contributed by atoms with Gasteiger partial charge in [0.2, 0.25) is 0 Å². The summed E-state index contributed by atoms with van der Waals surface area (Å²) in [5.74, 6) is 0.615. The Bertz CT molecular complexity index is 444. The van der Waals surface area contributed by atoms with Crippen molar-refractivity contribution in [3.8, 4) is 0 Å². The van der Waals surface area contributed by atoms with Crippen molar-refractivity contribution < 1.29 is 4.79 Å². The molecular weight excluding hydrogens is 306 g/mol. The van der Waals surface area contributed by atoms with Gasteiger partial charge in [-0.25, -0.2) is 0 Å². The number of carbonyl (C=O) groups is 1. The summed E-state index contributed by atoms with van der Waals surface area (Å²) in [6, 6.07) is 1.90. The first kappa shape index (κ1) is 14.6. The van der Waals surface area contributed by atoms with Gasteiger partial charge in [0.15, 0.2) is 0 Å². The van der Waals surface area contributed by atoms with Gasteiger partial charge in [0.05, 0.1) is 5.69 Å². The molecule has 4 nitrogen and oxygen atoms in total. The molecule has 2 rings (SSSR count). The van der Waals surface area contributed by atoms with Crippen LogP contribution in [0, 0.1) is 5.92 Å². The van der Waals surface area contributed by atoms with Crippen LogP contribution < -0.4 is 5.32 Å². The molecule has 1 heterocycles. The van der Waals surface area contributed by atoms with Gasteiger partial charge >= 0.3 is 0 Å². The van der Waals surface area contributed by atoms with E-state index in [1.807, 2.05) is 13.0 Å². The predicted molar refractivity (Wildman–Crippen MR) is 79.7 cm³/mol. The lowest BCUT2D eigenvalue weighted by molar-refractivity contribution is 0.0936. The number of carbonyl (C=O) groups excluding carboxylic acids is 1. The summed E-state index contributed by atoms with van der Waals surface area (Å²) < 4.78 is 1.79. The Labute approximate surface area is 123 Å². The van der Waals surface area contributed by atoms with Crippen LogP contribution in [0.4, 0.5) is 0 Å². The van der Waals surface area contributed by atoms with Gasteiger partial charge in [-0.05, 0) is 44.6 Å². The molecule has 1 N–H and O–H groups in total. The monoisotopic (exact) mass is 327 g/mol. The Kier molecular flexibility index (Phi) is 5.02. The summed E-state index contributed by atoms with van der Waals surface area (Å²) in [4.78, 5) is 12.8. The van der Waals surface area contributed by atoms with Gasteiger partial charge in [-0.1, -0.05) is 22.9 Å². The highest BCUT2D eigenvalue weighted by Crippen LogP contribution is 2.30. The minimum Gasteiger partial charge on any atom is -0.350 e. The Morgan fingerprint density at radius 1 is 1.53 bits per heavy atom. The fourth-order valence-corrected chi connectivity index (χ4v) is 3.39. The van der Waals surface area contributed by atoms with Crippen LogP contribution in [0.5, 0.6) is 0 Å². The van der Waals surface area contributed by atoms with Gasteiger partial charge in [-0.2, -0.15) is 5.10 Å². The first-order valence-corrected chi connectivity index (χ1v) is 8.04. The van der Waals surface area contributed by atoms with E-state index in [1.165, 1.54) is 12.8 Å². The lowest BCUT2D eigenvalue weighted by Gasteiger charge is -2.11. The summed E-state index contributed by atoms with van der Waals surface area (Å²) >= 11 is 3.64. The fraction of sp³-hybridized carbons (Fsp3) is 0.714. The van der Waals surface area contributed by atoms with E-state index in [0.717, 1.165) is 31.6 Å². The van der Waals surface area contributed by atoms with E-state index in [1.54, 1.807) is 4.68 Å². The molecule has 1 aromatic rings. The predicted octanol–water partition coefficient (Wildman–Crippen LogP) is 2.76. The normalized spacial score (nSPS) is 22.7. The molecule has 1 fully saturated rings.